The van der Waals surface area contributed by atoms with Crippen LogP contribution in [0.3, 0.4) is 0 Å². The summed E-state index contributed by atoms with van der Waals surface area (Å²) in [6, 6.07) is 15.4. The van der Waals surface area contributed by atoms with Crippen molar-refractivity contribution in [2.75, 3.05) is 6.54 Å². The molecule has 0 saturated carbocycles. The normalized spacial score (nSPS) is 13.7. The number of aliphatic carboxylic acids is 1. The van der Waals surface area contributed by atoms with Gasteiger partial charge in [-0.05, 0) is 24.0 Å². The van der Waals surface area contributed by atoms with Crippen LogP contribution in [0.1, 0.15) is 11.1 Å². The van der Waals surface area contributed by atoms with Gasteiger partial charge in [-0.3, -0.25) is 9.59 Å². The predicted octanol–water partition coefficient (Wildman–Crippen LogP) is -0.188. The van der Waals surface area contributed by atoms with Gasteiger partial charge in [0.2, 0.25) is 11.8 Å². The van der Waals surface area contributed by atoms with Crippen LogP contribution in [-0.4, -0.2) is 47.6 Å². The third-order valence-electron chi connectivity index (χ3n) is 4.37. The topological polar surface area (TPSA) is 148 Å². The van der Waals surface area contributed by atoms with Crippen molar-refractivity contribution >= 4 is 17.8 Å². The molecule has 8 nitrogen and oxygen atoms in total. The van der Waals surface area contributed by atoms with Gasteiger partial charge in [0.15, 0.2) is 0 Å². The fourth-order valence-electron chi connectivity index (χ4n) is 2.73. The molecule has 0 bridgehead atoms. The molecule has 7 N–H and O–H groups in total. The standard InChI is InChI=1S/C21H26N4O4/c22-16(11-14-7-3-1-4-8-14)19(26)24-13-18(21(28)29)25-20(27)17(23)12-15-9-5-2-6-10-15/h1-10,16-18H,11-13,22-23H2,(H,24,26)(H,25,27)(H,28,29)/t16-,17-,18+/m1/s1. The summed E-state index contributed by atoms with van der Waals surface area (Å²) in [6.07, 6.45) is 0.589. The monoisotopic (exact) mass is 398 g/mol. The predicted molar refractivity (Wildman–Crippen MR) is 109 cm³/mol. The molecule has 154 valence electrons. The average Bonchev–Trinajstić information content (AvgIpc) is 2.71. The second-order valence-electron chi connectivity index (χ2n) is 6.74. The lowest BCUT2D eigenvalue weighted by Gasteiger charge is -2.19. The van der Waals surface area contributed by atoms with Crippen LogP contribution in [0.15, 0.2) is 60.7 Å². The summed E-state index contributed by atoms with van der Waals surface area (Å²) >= 11 is 0. The zero-order valence-electron chi connectivity index (χ0n) is 16.0. The Hall–Kier alpha value is -3.23. The molecule has 0 unspecified atom stereocenters. The highest BCUT2D eigenvalue weighted by Crippen LogP contribution is 2.03. The average molecular weight is 398 g/mol. The lowest BCUT2D eigenvalue weighted by Crippen LogP contribution is -2.54. The van der Waals surface area contributed by atoms with Gasteiger partial charge in [0.25, 0.3) is 0 Å². The first kappa shape index (κ1) is 22.1. The lowest BCUT2D eigenvalue weighted by atomic mass is 10.1. The molecule has 2 aromatic rings. The van der Waals surface area contributed by atoms with E-state index in [2.05, 4.69) is 10.6 Å². The molecule has 0 fully saturated rings. The Labute approximate surface area is 169 Å². The SMILES string of the molecule is N[C@H](Cc1ccccc1)C(=O)NC[C@H](NC(=O)[C@H](N)Cc1ccccc1)C(=O)O. The first-order valence-corrected chi connectivity index (χ1v) is 9.26. The molecule has 0 saturated heterocycles. The smallest absolute Gasteiger partial charge is 0.328 e. The number of rotatable bonds is 10. The molecule has 2 amide bonds. The summed E-state index contributed by atoms with van der Waals surface area (Å²) in [7, 11) is 0. The van der Waals surface area contributed by atoms with E-state index >= 15 is 0 Å². The van der Waals surface area contributed by atoms with Crippen molar-refractivity contribution in [2.45, 2.75) is 31.0 Å². The molecule has 0 spiro atoms. The molecular formula is C21H26N4O4. The van der Waals surface area contributed by atoms with Gasteiger partial charge in [-0.1, -0.05) is 60.7 Å². The van der Waals surface area contributed by atoms with Crippen molar-refractivity contribution in [3.63, 3.8) is 0 Å². The molecule has 3 atom stereocenters. The van der Waals surface area contributed by atoms with Gasteiger partial charge in [0.1, 0.15) is 6.04 Å². The molecule has 0 radical (unpaired) electrons. The summed E-state index contributed by atoms with van der Waals surface area (Å²) in [5, 5.41) is 14.2. The molecule has 29 heavy (non-hydrogen) atoms. The van der Waals surface area contributed by atoms with Crippen LogP contribution in [0.2, 0.25) is 0 Å². The highest BCUT2D eigenvalue weighted by Gasteiger charge is 2.25. The number of carboxylic acids is 1. The van der Waals surface area contributed by atoms with Gasteiger partial charge in [-0.15, -0.1) is 0 Å². The van der Waals surface area contributed by atoms with E-state index < -0.39 is 35.9 Å². The number of carbonyl (C=O) groups excluding carboxylic acids is 2. The summed E-state index contributed by atoms with van der Waals surface area (Å²) in [4.78, 5) is 35.9. The number of benzene rings is 2. The number of carboxylic acid groups (broad SMARTS) is 1. The van der Waals surface area contributed by atoms with E-state index in [1.54, 1.807) is 0 Å². The Morgan fingerprint density at radius 2 is 1.24 bits per heavy atom. The van der Waals surface area contributed by atoms with Crippen LogP contribution in [-0.2, 0) is 27.2 Å². The Morgan fingerprint density at radius 3 is 1.69 bits per heavy atom. The quantitative estimate of drug-likeness (QED) is 0.375. The fourth-order valence-corrected chi connectivity index (χ4v) is 2.73. The number of amides is 2. The van der Waals surface area contributed by atoms with Crippen molar-refractivity contribution in [1.29, 1.82) is 0 Å². The largest absolute Gasteiger partial charge is 0.480 e. The molecule has 2 aromatic carbocycles. The third-order valence-corrected chi connectivity index (χ3v) is 4.37. The second kappa shape index (κ2) is 10.9. The van der Waals surface area contributed by atoms with E-state index in [1.807, 2.05) is 60.7 Å². The summed E-state index contributed by atoms with van der Waals surface area (Å²) in [5.74, 6) is -2.38. The zero-order chi connectivity index (χ0) is 21.2. The van der Waals surface area contributed by atoms with Gasteiger partial charge in [-0.25, -0.2) is 4.79 Å². The van der Waals surface area contributed by atoms with Gasteiger partial charge in [-0.2, -0.15) is 0 Å². The lowest BCUT2D eigenvalue weighted by molar-refractivity contribution is -0.142. The minimum absolute atomic E-state index is 0.271. The maximum absolute atomic E-state index is 12.2. The van der Waals surface area contributed by atoms with Crippen LogP contribution in [0.25, 0.3) is 0 Å². The first-order valence-electron chi connectivity index (χ1n) is 9.26. The number of hydrogen-bond acceptors (Lipinski definition) is 5. The summed E-state index contributed by atoms with van der Waals surface area (Å²) in [5.41, 5.74) is 13.5. The highest BCUT2D eigenvalue weighted by molar-refractivity contribution is 5.88. The van der Waals surface area contributed by atoms with Gasteiger partial charge in [0, 0.05) is 6.54 Å². The van der Waals surface area contributed by atoms with Crippen molar-refractivity contribution in [2.24, 2.45) is 11.5 Å². The van der Waals surface area contributed by atoms with Crippen molar-refractivity contribution in [3.05, 3.63) is 71.8 Å². The van der Waals surface area contributed by atoms with E-state index in [4.69, 9.17) is 11.5 Å². The van der Waals surface area contributed by atoms with Crippen LogP contribution in [0.5, 0.6) is 0 Å². The molecule has 0 aliphatic carbocycles. The maximum Gasteiger partial charge on any atom is 0.328 e. The van der Waals surface area contributed by atoms with Gasteiger partial charge >= 0.3 is 5.97 Å². The molecule has 0 aromatic heterocycles. The van der Waals surface area contributed by atoms with E-state index in [-0.39, 0.29) is 13.0 Å². The van der Waals surface area contributed by atoms with E-state index in [1.165, 1.54) is 0 Å². The van der Waals surface area contributed by atoms with Gasteiger partial charge in [0.05, 0.1) is 12.1 Å². The van der Waals surface area contributed by atoms with Crippen LogP contribution < -0.4 is 22.1 Å². The Kier molecular flexibility index (Phi) is 8.32. The fraction of sp³-hybridized carbons (Fsp3) is 0.286. The molecule has 2 rings (SSSR count). The highest BCUT2D eigenvalue weighted by atomic mass is 16.4. The third kappa shape index (κ3) is 7.36. The van der Waals surface area contributed by atoms with E-state index in [9.17, 15) is 19.5 Å². The molecule has 8 heteroatoms. The van der Waals surface area contributed by atoms with E-state index in [0.29, 0.717) is 6.42 Å². The minimum Gasteiger partial charge on any atom is -0.480 e. The number of nitrogens with one attached hydrogen (secondary N) is 2. The Balaban J connectivity index is 1.84. The van der Waals surface area contributed by atoms with Crippen molar-refractivity contribution < 1.29 is 19.5 Å². The minimum atomic E-state index is -1.31. The van der Waals surface area contributed by atoms with Crippen molar-refractivity contribution in [3.8, 4) is 0 Å². The number of carbonyl (C=O) groups is 3. The summed E-state index contributed by atoms with van der Waals surface area (Å²) in [6.45, 7) is -0.291. The van der Waals surface area contributed by atoms with Crippen LogP contribution in [0, 0.1) is 0 Å². The first-order chi connectivity index (χ1) is 13.9. The molecule has 0 aliphatic rings. The van der Waals surface area contributed by atoms with Crippen LogP contribution >= 0.6 is 0 Å². The van der Waals surface area contributed by atoms with Gasteiger partial charge < -0.3 is 27.2 Å². The van der Waals surface area contributed by atoms with E-state index in [0.717, 1.165) is 11.1 Å². The molecule has 0 heterocycles. The zero-order valence-corrected chi connectivity index (χ0v) is 16.0. The molecular weight excluding hydrogens is 372 g/mol. The number of hydrogen-bond donors (Lipinski definition) is 5. The maximum atomic E-state index is 12.2. The van der Waals surface area contributed by atoms with Crippen LogP contribution in [0.4, 0.5) is 0 Å². The van der Waals surface area contributed by atoms with Crippen molar-refractivity contribution in [1.82, 2.24) is 10.6 Å². The Morgan fingerprint density at radius 1 is 0.793 bits per heavy atom. The Bertz CT molecular complexity index is 814. The second-order valence-corrected chi connectivity index (χ2v) is 6.74. The molecule has 0 aliphatic heterocycles. The number of nitrogens with two attached hydrogens (primary N) is 2. The summed E-state index contributed by atoms with van der Waals surface area (Å²) < 4.78 is 0.